The van der Waals surface area contributed by atoms with Crippen molar-refractivity contribution in [1.29, 1.82) is 0 Å². The lowest BCUT2D eigenvalue weighted by Gasteiger charge is -2.04. The Bertz CT molecular complexity index is 271. The molecule has 0 spiro atoms. The van der Waals surface area contributed by atoms with Gasteiger partial charge in [-0.05, 0) is 0 Å². The molecule has 0 bridgehead atoms. The molecule has 1 amide bonds. The summed E-state index contributed by atoms with van der Waals surface area (Å²) in [5.41, 5.74) is 0. The van der Waals surface area contributed by atoms with Crippen molar-refractivity contribution >= 4 is 15.9 Å². The number of sulfone groups is 1. The zero-order valence-electron chi connectivity index (χ0n) is 6.74. The molecule has 6 heteroatoms. The number of ether oxygens (including phenoxy) is 1. The highest BCUT2D eigenvalue weighted by Crippen LogP contribution is 2.05. The molecule has 0 radical (unpaired) electrons. The van der Waals surface area contributed by atoms with Crippen LogP contribution in [0.5, 0.6) is 0 Å². The van der Waals surface area contributed by atoms with E-state index in [1.807, 2.05) is 0 Å². The van der Waals surface area contributed by atoms with Crippen molar-refractivity contribution in [3.8, 4) is 0 Å². The third-order valence-electron chi connectivity index (χ3n) is 1.56. The van der Waals surface area contributed by atoms with Crippen LogP contribution in [0.15, 0.2) is 0 Å². The van der Waals surface area contributed by atoms with Crippen molar-refractivity contribution in [3.05, 3.63) is 0 Å². The van der Waals surface area contributed by atoms with Crippen LogP contribution in [0.3, 0.4) is 0 Å². The molecule has 1 aliphatic rings. The van der Waals surface area contributed by atoms with Crippen LogP contribution in [-0.2, 0) is 14.6 Å². The van der Waals surface area contributed by atoms with Gasteiger partial charge in [0, 0.05) is 12.7 Å². The van der Waals surface area contributed by atoms with Crippen LogP contribution in [0.2, 0.25) is 0 Å². The maximum absolute atomic E-state index is 10.7. The number of carbonyl (C=O) groups is 1. The second-order valence-corrected chi connectivity index (χ2v) is 5.09. The fourth-order valence-electron chi connectivity index (χ4n) is 0.938. The largest absolute Gasteiger partial charge is 0.444 e. The minimum atomic E-state index is -2.95. The molecule has 0 aliphatic carbocycles. The van der Waals surface area contributed by atoms with E-state index in [1.165, 1.54) is 0 Å². The van der Waals surface area contributed by atoms with Gasteiger partial charge in [-0.25, -0.2) is 13.2 Å². The summed E-state index contributed by atoms with van der Waals surface area (Å²) < 4.78 is 26.2. The molecular weight excluding hydrogens is 182 g/mol. The van der Waals surface area contributed by atoms with Gasteiger partial charge in [-0.3, -0.25) is 0 Å². The monoisotopic (exact) mass is 193 g/mol. The first-order chi connectivity index (χ1) is 5.47. The van der Waals surface area contributed by atoms with E-state index < -0.39 is 15.9 Å². The molecule has 5 nitrogen and oxygen atoms in total. The normalized spacial score (nSPS) is 23.4. The summed E-state index contributed by atoms with van der Waals surface area (Å²) in [6.45, 7) is 0.411. The highest BCUT2D eigenvalue weighted by molar-refractivity contribution is 7.90. The topological polar surface area (TPSA) is 72.5 Å². The van der Waals surface area contributed by atoms with Gasteiger partial charge in [0.05, 0.1) is 12.3 Å². The van der Waals surface area contributed by atoms with Gasteiger partial charge < -0.3 is 10.1 Å². The third-order valence-corrected chi connectivity index (χ3v) is 2.54. The molecule has 1 saturated heterocycles. The zero-order chi connectivity index (χ0) is 9.19. The molecule has 70 valence electrons. The number of hydrogen-bond donors (Lipinski definition) is 1. The van der Waals surface area contributed by atoms with Crippen LogP contribution >= 0.6 is 0 Å². The van der Waals surface area contributed by atoms with E-state index in [2.05, 4.69) is 5.32 Å². The van der Waals surface area contributed by atoms with Crippen molar-refractivity contribution in [2.75, 3.05) is 18.6 Å². The molecule has 1 fully saturated rings. The van der Waals surface area contributed by atoms with E-state index in [4.69, 9.17) is 4.74 Å². The molecule has 1 N–H and O–H groups in total. The first-order valence-corrected chi connectivity index (χ1v) is 5.65. The van der Waals surface area contributed by atoms with E-state index >= 15 is 0 Å². The Balaban J connectivity index is 2.30. The molecule has 1 unspecified atom stereocenters. The molecule has 0 aromatic carbocycles. The van der Waals surface area contributed by atoms with Crippen LogP contribution in [0.1, 0.15) is 6.42 Å². The van der Waals surface area contributed by atoms with Crippen LogP contribution in [0.25, 0.3) is 0 Å². The summed E-state index contributed by atoms with van der Waals surface area (Å²) in [5.74, 6) is 0.0621. The Hall–Kier alpha value is -0.780. The zero-order valence-corrected chi connectivity index (χ0v) is 7.56. The molecule has 0 saturated carbocycles. The predicted octanol–water partition coefficient (Wildman–Crippen LogP) is -0.471. The fraction of sp³-hybridized carbons (Fsp3) is 0.833. The van der Waals surface area contributed by atoms with Crippen molar-refractivity contribution < 1.29 is 17.9 Å². The first-order valence-electron chi connectivity index (χ1n) is 3.59. The maximum atomic E-state index is 10.7. The molecule has 0 aromatic heterocycles. The molecular formula is C6H11NO4S. The minimum absolute atomic E-state index is 0.0621. The number of nitrogens with one attached hydrogen (secondary N) is 1. The summed E-state index contributed by atoms with van der Waals surface area (Å²) in [6.07, 6.45) is 0.787. The van der Waals surface area contributed by atoms with E-state index in [0.717, 1.165) is 6.26 Å². The van der Waals surface area contributed by atoms with Gasteiger partial charge in [0.25, 0.3) is 0 Å². The number of cyclic esters (lactones) is 1. The Morgan fingerprint density at radius 3 is 2.75 bits per heavy atom. The average Bonchev–Trinajstić information content (AvgIpc) is 2.30. The summed E-state index contributed by atoms with van der Waals surface area (Å²) in [4.78, 5) is 10.5. The standard InChI is InChI=1S/C6H11NO4S/c1-12(9,10)3-2-5-4-7-6(8)11-5/h5H,2-4H2,1H3,(H,7,8). The summed E-state index contributed by atoms with van der Waals surface area (Å²) in [5, 5.41) is 2.45. The predicted molar refractivity (Wildman–Crippen MR) is 42.6 cm³/mol. The van der Waals surface area contributed by atoms with Crippen LogP contribution in [-0.4, -0.2) is 39.2 Å². The first kappa shape index (κ1) is 9.31. The van der Waals surface area contributed by atoms with E-state index in [9.17, 15) is 13.2 Å². The van der Waals surface area contributed by atoms with E-state index in [1.54, 1.807) is 0 Å². The SMILES string of the molecule is CS(=O)(=O)CCC1CNC(=O)O1. The lowest BCUT2D eigenvalue weighted by molar-refractivity contribution is 0.138. The van der Waals surface area contributed by atoms with Crippen LogP contribution in [0, 0.1) is 0 Å². The Labute approximate surface area is 71.0 Å². The summed E-state index contributed by atoms with van der Waals surface area (Å²) in [7, 11) is -2.95. The lowest BCUT2D eigenvalue weighted by Crippen LogP contribution is -2.18. The maximum Gasteiger partial charge on any atom is 0.407 e. The smallest absolute Gasteiger partial charge is 0.407 e. The Kier molecular flexibility index (Phi) is 2.56. The molecule has 0 aromatic rings. The number of hydrogen-bond acceptors (Lipinski definition) is 4. The highest BCUT2D eigenvalue weighted by Gasteiger charge is 2.23. The average molecular weight is 193 g/mol. The third kappa shape index (κ3) is 3.08. The number of alkyl carbamates (subject to hydrolysis) is 1. The van der Waals surface area contributed by atoms with Crippen molar-refractivity contribution in [3.63, 3.8) is 0 Å². The lowest BCUT2D eigenvalue weighted by atomic mass is 10.3. The molecule has 1 rings (SSSR count). The number of rotatable bonds is 3. The molecule has 1 atom stereocenters. The van der Waals surface area contributed by atoms with Crippen molar-refractivity contribution in [2.24, 2.45) is 0 Å². The van der Waals surface area contributed by atoms with Crippen LogP contribution in [0.4, 0.5) is 4.79 Å². The fourth-order valence-corrected chi connectivity index (χ4v) is 1.63. The van der Waals surface area contributed by atoms with Gasteiger partial charge >= 0.3 is 6.09 Å². The number of amides is 1. The van der Waals surface area contributed by atoms with E-state index in [-0.39, 0.29) is 11.9 Å². The van der Waals surface area contributed by atoms with Gasteiger partial charge in [0.2, 0.25) is 0 Å². The summed E-state index contributed by atoms with van der Waals surface area (Å²) >= 11 is 0. The number of carbonyl (C=O) groups excluding carboxylic acids is 1. The van der Waals surface area contributed by atoms with Crippen molar-refractivity contribution in [1.82, 2.24) is 5.32 Å². The second-order valence-electron chi connectivity index (χ2n) is 2.83. The second kappa shape index (κ2) is 3.30. The van der Waals surface area contributed by atoms with Gasteiger partial charge in [-0.2, -0.15) is 0 Å². The van der Waals surface area contributed by atoms with Crippen molar-refractivity contribution in [2.45, 2.75) is 12.5 Å². The quantitative estimate of drug-likeness (QED) is 0.657. The van der Waals surface area contributed by atoms with Gasteiger partial charge in [0.15, 0.2) is 0 Å². The van der Waals surface area contributed by atoms with E-state index in [0.29, 0.717) is 13.0 Å². The molecule has 1 heterocycles. The molecule has 12 heavy (non-hydrogen) atoms. The Morgan fingerprint density at radius 1 is 1.67 bits per heavy atom. The summed E-state index contributed by atoms with van der Waals surface area (Å²) in [6, 6.07) is 0. The molecule has 1 aliphatic heterocycles. The van der Waals surface area contributed by atoms with Crippen LogP contribution < -0.4 is 5.32 Å². The van der Waals surface area contributed by atoms with Gasteiger partial charge in [-0.15, -0.1) is 0 Å². The minimum Gasteiger partial charge on any atom is -0.444 e. The highest BCUT2D eigenvalue weighted by atomic mass is 32.2. The van der Waals surface area contributed by atoms with Gasteiger partial charge in [0.1, 0.15) is 15.9 Å². The Morgan fingerprint density at radius 2 is 2.33 bits per heavy atom. The van der Waals surface area contributed by atoms with Gasteiger partial charge in [-0.1, -0.05) is 0 Å².